The van der Waals surface area contributed by atoms with Crippen LogP contribution in [0.15, 0.2) is 54.3 Å². The molecule has 3 aliphatic rings. The minimum Gasteiger partial charge on any atom is -0.482 e. The highest BCUT2D eigenvalue weighted by Crippen LogP contribution is 2.44. The fourth-order valence-corrected chi connectivity index (χ4v) is 5.12. The van der Waals surface area contributed by atoms with E-state index in [-0.39, 0.29) is 18.4 Å². The van der Waals surface area contributed by atoms with Crippen molar-refractivity contribution < 1.29 is 28.6 Å². The van der Waals surface area contributed by atoms with Gasteiger partial charge in [0.25, 0.3) is 11.8 Å². The van der Waals surface area contributed by atoms with Crippen LogP contribution in [0.1, 0.15) is 35.3 Å². The number of aliphatic hydroxyl groups is 1. The molecule has 0 aliphatic carbocycles. The Morgan fingerprint density at radius 1 is 1.11 bits per heavy atom. The number of rotatable bonds is 7. The number of fused-ring (bicyclic) bond motifs is 1. The predicted molar refractivity (Wildman–Crippen MR) is 142 cm³/mol. The number of halogens is 1. The van der Waals surface area contributed by atoms with Crippen LogP contribution in [-0.4, -0.2) is 84.9 Å². The molecule has 2 N–H and O–H groups in total. The standard InChI is InChI=1S/C29H32FN3O5/c1-29(2)23(18-25(38-29)26-22-8-7-21(30)17-24(22)31-27(26)35)19-3-5-20(6-4-19)28(36)33-11-9-32(10-12-33)13-15-37-16-14-34/h3-8,17-18,34H,9-16H2,1-2H3,(H,31,35). The van der Waals surface area contributed by atoms with Gasteiger partial charge in [0.2, 0.25) is 0 Å². The van der Waals surface area contributed by atoms with E-state index in [1.807, 2.05) is 49.1 Å². The molecule has 1 fully saturated rings. The third-order valence-electron chi connectivity index (χ3n) is 7.15. The average Bonchev–Trinajstić information content (AvgIpc) is 3.40. The number of hydrogen-bond acceptors (Lipinski definition) is 6. The second-order valence-electron chi connectivity index (χ2n) is 10.1. The van der Waals surface area contributed by atoms with Gasteiger partial charge in [-0.2, -0.15) is 0 Å². The van der Waals surface area contributed by atoms with Crippen LogP contribution in [0.4, 0.5) is 10.1 Å². The molecule has 5 rings (SSSR count). The third-order valence-corrected chi connectivity index (χ3v) is 7.15. The maximum Gasteiger partial charge on any atom is 0.260 e. The Balaban J connectivity index is 1.29. The molecule has 2 amide bonds. The molecule has 8 nitrogen and oxygen atoms in total. The first-order valence-corrected chi connectivity index (χ1v) is 12.8. The zero-order chi connectivity index (χ0) is 26.9. The van der Waals surface area contributed by atoms with Crippen LogP contribution in [0.2, 0.25) is 0 Å². The molecule has 0 saturated carbocycles. The number of nitrogens with one attached hydrogen (secondary N) is 1. The van der Waals surface area contributed by atoms with Gasteiger partial charge in [-0.25, -0.2) is 4.39 Å². The first-order chi connectivity index (χ1) is 18.3. The molecule has 200 valence electrons. The van der Waals surface area contributed by atoms with E-state index in [0.717, 1.165) is 30.8 Å². The summed E-state index contributed by atoms with van der Waals surface area (Å²) in [5.41, 5.74) is 3.13. The molecule has 3 heterocycles. The first kappa shape index (κ1) is 26.1. The van der Waals surface area contributed by atoms with E-state index < -0.39 is 11.4 Å². The Labute approximate surface area is 221 Å². The third kappa shape index (κ3) is 5.22. The van der Waals surface area contributed by atoms with Gasteiger partial charge in [0.05, 0.1) is 31.1 Å². The van der Waals surface area contributed by atoms with Gasteiger partial charge in [0.1, 0.15) is 17.2 Å². The van der Waals surface area contributed by atoms with E-state index in [1.165, 1.54) is 12.1 Å². The summed E-state index contributed by atoms with van der Waals surface area (Å²) in [4.78, 5) is 29.9. The number of hydrogen-bond donors (Lipinski definition) is 2. The summed E-state index contributed by atoms with van der Waals surface area (Å²) in [5.74, 6) is -0.308. The molecule has 0 spiro atoms. The van der Waals surface area contributed by atoms with Gasteiger partial charge in [-0.15, -0.1) is 0 Å². The predicted octanol–water partition coefficient (Wildman–Crippen LogP) is 3.15. The summed E-state index contributed by atoms with van der Waals surface area (Å²) in [6.45, 7) is 8.45. The average molecular weight is 522 g/mol. The molecule has 2 aromatic rings. The molecular formula is C29H32FN3O5. The monoisotopic (exact) mass is 521 g/mol. The molecule has 1 saturated heterocycles. The highest BCUT2D eigenvalue weighted by molar-refractivity contribution is 6.32. The van der Waals surface area contributed by atoms with E-state index in [4.69, 9.17) is 14.6 Å². The number of aliphatic hydroxyl groups excluding tert-OH is 1. The zero-order valence-corrected chi connectivity index (χ0v) is 21.6. The smallest absolute Gasteiger partial charge is 0.260 e. The summed E-state index contributed by atoms with van der Waals surface area (Å²) in [6.07, 6.45) is 1.85. The second-order valence-corrected chi connectivity index (χ2v) is 10.1. The second kappa shape index (κ2) is 10.7. The summed E-state index contributed by atoms with van der Waals surface area (Å²) >= 11 is 0. The number of allylic oxidation sites excluding steroid dienone is 1. The molecule has 0 atom stereocenters. The van der Waals surface area contributed by atoms with Crippen molar-refractivity contribution >= 4 is 28.6 Å². The molecule has 3 aliphatic heterocycles. The molecule has 0 unspecified atom stereocenters. The van der Waals surface area contributed by atoms with Crippen LogP contribution < -0.4 is 5.32 Å². The summed E-state index contributed by atoms with van der Waals surface area (Å²) in [6, 6.07) is 11.7. The number of amides is 2. The molecule has 38 heavy (non-hydrogen) atoms. The maximum atomic E-state index is 13.6. The first-order valence-electron chi connectivity index (χ1n) is 12.8. The Kier molecular flexibility index (Phi) is 7.34. The van der Waals surface area contributed by atoms with Crippen molar-refractivity contribution in [2.75, 3.05) is 57.9 Å². The summed E-state index contributed by atoms with van der Waals surface area (Å²) in [5, 5.41) is 11.5. The Bertz CT molecular complexity index is 1290. The van der Waals surface area contributed by atoms with E-state index in [9.17, 15) is 14.0 Å². The van der Waals surface area contributed by atoms with Gasteiger partial charge < -0.3 is 24.8 Å². The normalized spacial score (nSPS) is 20.7. The zero-order valence-electron chi connectivity index (χ0n) is 21.6. The molecule has 0 radical (unpaired) electrons. The quantitative estimate of drug-likeness (QED) is 0.430. The van der Waals surface area contributed by atoms with Gasteiger partial charge in [-0.1, -0.05) is 12.1 Å². The number of nitrogens with zero attached hydrogens (tertiary/aromatic N) is 2. The van der Waals surface area contributed by atoms with Crippen molar-refractivity contribution in [3.8, 4) is 0 Å². The fraction of sp³-hybridized carbons (Fsp3) is 0.379. The number of carbonyl (C=O) groups is 2. The van der Waals surface area contributed by atoms with E-state index >= 15 is 0 Å². The molecular weight excluding hydrogens is 489 g/mol. The van der Waals surface area contributed by atoms with Gasteiger partial charge in [0, 0.05) is 49.4 Å². The summed E-state index contributed by atoms with van der Waals surface area (Å²) < 4.78 is 25.2. The molecule has 9 heteroatoms. The van der Waals surface area contributed by atoms with Crippen LogP contribution >= 0.6 is 0 Å². The minimum absolute atomic E-state index is 0.00193. The van der Waals surface area contributed by atoms with Gasteiger partial charge in [-0.05, 0) is 55.8 Å². The van der Waals surface area contributed by atoms with Crippen molar-refractivity contribution in [2.45, 2.75) is 19.4 Å². The van der Waals surface area contributed by atoms with Gasteiger partial charge in [0.15, 0.2) is 0 Å². The van der Waals surface area contributed by atoms with E-state index in [1.54, 1.807) is 6.07 Å². The Morgan fingerprint density at radius 3 is 2.55 bits per heavy atom. The highest BCUT2D eigenvalue weighted by Gasteiger charge is 2.38. The SMILES string of the molecule is CC1(C)OC(=C2C(=O)Nc3cc(F)ccc32)C=C1c1ccc(C(=O)N2CCN(CCOCCO)CC2)cc1. The molecule has 0 bridgehead atoms. The van der Waals surface area contributed by atoms with Crippen LogP contribution in [0.25, 0.3) is 11.1 Å². The lowest BCUT2D eigenvalue weighted by molar-refractivity contribution is -0.111. The fourth-order valence-electron chi connectivity index (χ4n) is 5.12. The lowest BCUT2D eigenvalue weighted by atomic mass is 9.91. The van der Waals surface area contributed by atoms with Crippen molar-refractivity contribution in [3.63, 3.8) is 0 Å². The van der Waals surface area contributed by atoms with Gasteiger partial charge >= 0.3 is 0 Å². The highest BCUT2D eigenvalue weighted by atomic mass is 19.1. The number of anilines is 1. The maximum absolute atomic E-state index is 13.6. The largest absolute Gasteiger partial charge is 0.482 e. The summed E-state index contributed by atoms with van der Waals surface area (Å²) in [7, 11) is 0. The molecule has 2 aromatic carbocycles. The Hall–Kier alpha value is -3.53. The number of carbonyl (C=O) groups excluding carboxylic acids is 2. The number of piperazine rings is 1. The van der Waals surface area contributed by atoms with Crippen LogP contribution in [0.5, 0.6) is 0 Å². The molecule has 0 aromatic heterocycles. The minimum atomic E-state index is -0.700. The van der Waals surface area contributed by atoms with Crippen molar-refractivity contribution in [3.05, 3.63) is 76.8 Å². The van der Waals surface area contributed by atoms with Crippen molar-refractivity contribution in [2.24, 2.45) is 0 Å². The van der Waals surface area contributed by atoms with Crippen LogP contribution in [0, 0.1) is 5.82 Å². The van der Waals surface area contributed by atoms with Crippen molar-refractivity contribution in [1.29, 1.82) is 0 Å². The lowest BCUT2D eigenvalue weighted by Crippen LogP contribution is -2.49. The lowest BCUT2D eigenvalue weighted by Gasteiger charge is -2.34. The number of ether oxygens (including phenoxy) is 2. The number of benzene rings is 2. The van der Waals surface area contributed by atoms with Crippen LogP contribution in [0.3, 0.4) is 0 Å². The van der Waals surface area contributed by atoms with Crippen molar-refractivity contribution in [1.82, 2.24) is 9.80 Å². The van der Waals surface area contributed by atoms with Gasteiger partial charge in [-0.3, -0.25) is 14.5 Å². The Morgan fingerprint density at radius 2 is 1.84 bits per heavy atom. The van der Waals surface area contributed by atoms with Crippen LogP contribution in [-0.2, 0) is 14.3 Å². The van der Waals surface area contributed by atoms with E-state index in [0.29, 0.717) is 54.4 Å². The topological polar surface area (TPSA) is 91.3 Å². The van der Waals surface area contributed by atoms with E-state index in [2.05, 4.69) is 10.2 Å².